The van der Waals surface area contributed by atoms with Gasteiger partial charge in [-0.2, -0.15) is 0 Å². The summed E-state index contributed by atoms with van der Waals surface area (Å²) in [6, 6.07) is 5.84. The SMILES string of the molecule is CCNC(=O)CN1C(=O)NC(c2ccccc2Br)C1=O. The summed E-state index contributed by atoms with van der Waals surface area (Å²) in [5.41, 5.74) is 0.671. The minimum Gasteiger partial charge on any atom is -0.355 e. The molecule has 106 valence electrons. The lowest BCUT2D eigenvalue weighted by Gasteiger charge is -2.13. The topological polar surface area (TPSA) is 78.5 Å². The predicted octanol–water partition coefficient (Wildman–Crippen LogP) is 1.18. The normalized spacial score (nSPS) is 18.1. The molecule has 0 aliphatic carbocycles. The van der Waals surface area contributed by atoms with Crippen LogP contribution in [0.1, 0.15) is 18.5 Å². The van der Waals surface area contributed by atoms with Gasteiger partial charge in [0.15, 0.2) is 0 Å². The van der Waals surface area contributed by atoms with E-state index < -0.39 is 18.0 Å². The zero-order valence-electron chi connectivity index (χ0n) is 10.9. The summed E-state index contributed by atoms with van der Waals surface area (Å²) in [5.74, 6) is -0.781. The van der Waals surface area contributed by atoms with E-state index in [0.29, 0.717) is 12.1 Å². The molecule has 1 heterocycles. The highest BCUT2D eigenvalue weighted by Crippen LogP contribution is 2.27. The van der Waals surface area contributed by atoms with Crippen molar-refractivity contribution in [1.82, 2.24) is 15.5 Å². The minimum absolute atomic E-state index is 0.264. The van der Waals surface area contributed by atoms with Gasteiger partial charge in [-0.3, -0.25) is 14.5 Å². The summed E-state index contributed by atoms with van der Waals surface area (Å²) in [6.45, 7) is 1.96. The van der Waals surface area contributed by atoms with Crippen LogP contribution in [-0.2, 0) is 9.59 Å². The number of rotatable bonds is 4. The third kappa shape index (κ3) is 2.82. The van der Waals surface area contributed by atoms with Gasteiger partial charge >= 0.3 is 6.03 Å². The molecule has 4 amide bonds. The third-order valence-electron chi connectivity index (χ3n) is 2.92. The zero-order valence-corrected chi connectivity index (χ0v) is 12.4. The van der Waals surface area contributed by atoms with Crippen LogP contribution in [0.15, 0.2) is 28.7 Å². The molecule has 0 radical (unpaired) electrons. The zero-order chi connectivity index (χ0) is 14.7. The Morgan fingerprint density at radius 1 is 1.40 bits per heavy atom. The summed E-state index contributed by atoms with van der Waals surface area (Å²) < 4.78 is 0.735. The molecular formula is C13H14BrN3O3. The van der Waals surface area contributed by atoms with Crippen molar-refractivity contribution in [3.63, 3.8) is 0 Å². The van der Waals surface area contributed by atoms with Crippen LogP contribution in [-0.4, -0.2) is 35.8 Å². The lowest BCUT2D eigenvalue weighted by atomic mass is 10.1. The fourth-order valence-electron chi connectivity index (χ4n) is 1.99. The summed E-state index contributed by atoms with van der Waals surface area (Å²) in [6.07, 6.45) is 0. The number of carbonyl (C=O) groups excluding carboxylic acids is 3. The van der Waals surface area contributed by atoms with Gasteiger partial charge in [0.1, 0.15) is 12.6 Å². The van der Waals surface area contributed by atoms with Gasteiger partial charge in [0.2, 0.25) is 5.91 Å². The number of hydrogen-bond acceptors (Lipinski definition) is 3. The van der Waals surface area contributed by atoms with Crippen LogP contribution in [0.2, 0.25) is 0 Å². The molecule has 1 aliphatic rings. The van der Waals surface area contributed by atoms with Crippen LogP contribution in [0.3, 0.4) is 0 Å². The first kappa shape index (κ1) is 14.5. The van der Waals surface area contributed by atoms with Crippen LogP contribution in [0.5, 0.6) is 0 Å². The lowest BCUT2D eigenvalue weighted by molar-refractivity contribution is -0.132. The van der Waals surface area contributed by atoms with Gasteiger partial charge in [-0.15, -0.1) is 0 Å². The van der Waals surface area contributed by atoms with E-state index >= 15 is 0 Å². The molecule has 0 bridgehead atoms. The lowest BCUT2D eigenvalue weighted by Crippen LogP contribution is -2.40. The predicted molar refractivity (Wildman–Crippen MR) is 75.8 cm³/mol. The van der Waals surface area contributed by atoms with E-state index in [1.165, 1.54) is 0 Å². The molecule has 2 N–H and O–H groups in total. The first-order valence-electron chi connectivity index (χ1n) is 6.17. The maximum atomic E-state index is 12.3. The Bertz CT molecular complexity index is 562. The Morgan fingerprint density at radius 2 is 2.10 bits per heavy atom. The average molecular weight is 340 g/mol. The van der Waals surface area contributed by atoms with Gasteiger partial charge in [0.25, 0.3) is 5.91 Å². The molecule has 1 unspecified atom stereocenters. The summed E-state index contributed by atoms with van der Waals surface area (Å²) in [7, 11) is 0. The fourth-order valence-corrected chi connectivity index (χ4v) is 2.50. The Balaban J connectivity index is 2.17. The number of urea groups is 1. The molecule has 6 nitrogen and oxygen atoms in total. The van der Waals surface area contributed by atoms with Crippen LogP contribution >= 0.6 is 15.9 Å². The second kappa shape index (κ2) is 6.04. The third-order valence-corrected chi connectivity index (χ3v) is 3.64. The first-order valence-corrected chi connectivity index (χ1v) is 6.97. The Kier molecular flexibility index (Phi) is 4.39. The van der Waals surface area contributed by atoms with Crippen molar-refractivity contribution >= 4 is 33.8 Å². The molecule has 1 aromatic rings. The van der Waals surface area contributed by atoms with Gasteiger partial charge in [-0.25, -0.2) is 4.79 Å². The molecule has 7 heteroatoms. The van der Waals surface area contributed by atoms with E-state index in [9.17, 15) is 14.4 Å². The van der Waals surface area contributed by atoms with Crippen LogP contribution in [0.4, 0.5) is 4.79 Å². The quantitative estimate of drug-likeness (QED) is 0.808. The highest BCUT2D eigenvalue weighted by Gasteiger charge is 2.40. The number of imide groups is 1. The van der Waals surface area contributed by atoms with Crippen LogP contribution in [0.25, 0.3) is 0 Å². The number of nitrogens with zero attached hydrogens (tertiary/aromatic N) is 1. The van der Waals surface area contributed by atoms with E-state index in [0.717, 1.165) is 9.37 Å². The van der Waals surface area contributed by atoms with Crippen molar-refractivity contribution in [2.75, 3.05) is 13.1 Å². The molecule has 1 fully saturated rings. The van der Waals surface area contributed by atoms with Crippen molar-refractivity contribution in [3.8, 4) is 0 Å². The van der Waals surface area contributed by atoms with Gasteiger partial charge in [0, 0.05) is 11.0 Å². The molecule has 1 atom stereocenters. The first-order chi connectivity index (χ1) is 9.54. The van der Waals surface area contributed by atoms with E-state index in [4.69, 9.17) is 0 Å². The van der Waals surface area contributed by atoms with Crippen LogP contribution in [0, 0.1) is 0 Å². The highest BCUT2D eigenvalue weighted by molar-refractivity contribution is 9.10. The molecule has 0 saturated carbocycles. The van der Waals surface area contributed by atoms with Gasteiger partial charge in [-0.05, 0) is 18.6 Å². The fraction of sp³-hybridized carbons (Fsp3) is 0.308. The van der Waals surface area contributed by atoms with Gasteiger partial charge < -0.3 is 10.6 Å². The van der Waals surface area contributed by atoms with Crippen molar-refractivity contribution < 1.29 is 14.4 Å². The number of halogens is 1. The van der Waals surface area contributed by atoms with Crippen molar-refractivity contribution in [2.45, 2.75) is 13.0 Å². The number of amides is 4. The van der Waals surface area contributed by atoms with Crippen LogP contribution < -0.4 is 10.6 Å². The molecule has 1 saturated heterocycles. The smallest absolute Gasteiger partial charge is 0.325 e. The van der Waals surface area contributed by atoms with Gasteiger partial charge in [-0.1, -0.05) is 34.1 Å². The Labute approximate surface area is 124 Å². The molecule has 1 aromatic carbocycles. The Hall–Kier alpha value is -1.89. The van der Waals surface area contributed by atoms with E-state index in [1.54, 1.807) is 25.1 Å². The minimum atomic E-state index is -0.757. The molecule has 2 rings (SSSR count). The molecule has 0 aromatic heterocycles. The molecule has 0 spiro atoms. The summed E-state index contributed by atoms with van der Waals surface area (Å²) in [5, 5.41) is 5.14. The maximum absolute atomic E-state index is 12.3. The second-order valence-corrected chi connectivity index (χ2v) is 5.14. The second-order valence-electron chi connectivity index (χ2n) is 4.28. The summed E-state index contributed by atoms with van der Waals surface area (Å²) >= 11 is 3.35. The number of nitrogens with one attached hydrogen (secondary N) is 2. The number of likely N-dealkylation sites (N-methyl/N-ethyl adjacent to an activating group) is 1. The summed E-state index contributed by atoms with van der Waals surface area (Å²) in [4.78, 5) is 36.5. The molecular weight excluding hydrogens is 326 g/mol. The monoisotopic (exact) mass is 339 g/mol. The average Bonchev–Trinajstić information content (AvgIpc) is 2.68. The largest absolute Gasteiger partial charge is 0.355 e. The van der Waals surface area contributed by atoms with E-state index in [-0.39, 0.29) is 12.5 Å². The molecule has 1 aliphatic heterocycles. The number of carbonyl (C=O) groups is 3. The van der Waals surface area contributed by atoms with E-state index in [2.05, 4.69) is 26.6 Å². The number of benzene rings is 1. The molecule has 20 heavy (non-hydrogen) atoms. The van der Waals surface area contributed by atoms with E-state index in [1.807, 2.05) is 6.07 Å². The highest BCUT2D eigenvalue weighted by atomic mass is 79.9. The standard InChI is InChI=1S/C13H14BrN3O3/c1-2-15-10(18)7-17-12(19)11(16-13(17)20)8-5-3-4-6-9(8)14/h3-6,11H,2,7H2,1H3,(H,15,18)(H,16,20). The van der Waals surface area contributed by atoms with Crippen molar-refractivity contribution in [1.29, 1.82) is 0 Å². The van der Waals surface area contributed by atoms with Crippen molar-refractivity contribution in [2.24, 2.45) is 0 Å². The maximum Gasteiger partial charge on any atom is 0.325 e. The Morgan fingerprint density at radius 3 is 2.75 bits per heavy atom. The van der Waals surface area contributed by atoms with Crippen molar-refractivity contribution in [3.05, 3.63) is 34.3 Å². The number of hydrogen-bond donors (Lipinski definition) is 2. The van der Waals surface area contributed by atoms with Gasteiger partial charge in [0.05, 0.1) is 0 Å².